The van der Waals surface area contributed by atoms with E-state index in [9.17, 15) is 0 Å². The van der Waals surface area contributed by atoms with E-state index < -0.39 is 0 Å². The molecule has 0 radical (unpaired) electrons. The quantitative estimate of drug-likeness (QED) is 0.750. The van der Waals surface area contributed by atoms with Crippen LogP contribution in [0.4, 0.5) is 0 Å². The van der Waals surface area contributed by atoms with Crippen molar-refractivity contribution in [3.05, 3.63) is 82.9 Å². The normalized spacial score (nSPS) is 11.0. The molecule has 1 heteroatoms. The molecule has 0 bridgehead atoms. The Morgan fingerprint density at radius 3 is 2.00 bits per heavy atom. The summed E-state index contributed by atoms with van der Waals surface area (Å²) >= 11 is 0. The van der Waals surface area contributed by atoms with Crippen LogP contribution in [0.1, 0.15) is 22.3 Å². The first kappa shape index (κ1) is 13.8. The minimum absolute atomic E-state index is 0.596. The van der Waals surface area contributed by atoms with Gasteiger partial charge in [0.25, 0.3) is 0 Å². The molecule has 2 N–H and O–H groups in total. The Morgan fingerprint density at radius 1 is 0.714 bits per heavy atom. The second-order valence-corrected chi connectivity index (χ2v) is 5.62. The Balaban J connectivity index is 1.89. The van der Waals surface area contributed by atoms with Crippen molar-refractivity contribution < 1.29 is 0 Å². The van der Waals surface area contributed by atoms with E-state index in [1.165, 1.54) is 33.0 Å². The molecule has 3 rings (SSSR count). The van der Waals surface area contributed by atoms with Gasteiger partial charge in [-0.15, -0.1) is 0 Å². The van der Waals surface area contributed by atoms with Gasteiger partial charge in [0.2, 0.25) is 0 Å². The predicted octanol–water partition coefficient (Wildman–Crippen LogP) is 4.39. The average Bonchev–Trinajstić information content (AvgIpc) is 2.54. The van der Waals surface area contributed by atoms with Gasteiger partial charge in [0.1, 0.15) is 0 Å². The zero-order chi connectivity index (χ0) is 14.7. The molecule has 0 fully saturated rings. The number of benzene rings is 3. The van der Waals surface area contributed by atoms with Gasteiger partial charge in [-0.1, -0.05) is 66.2 Å². The lowest BCUT2D eigenvalue weighted by Gasteiger charge is -2.10. The molecule has 0 saturated carbocycles. The molecule has 0 aliphatic heterocycles. The second kappa shape index (κ2) is 6.11. The van der Waals surface area contributed by atoms with Crippen molar-refractivity contribution in [2.45, 2.75) is 26.3 Å². The van der Waals surface area contributed by atoms with Crippen molar-refractivity contribution >= 4 is 10.8 Å². The molecular weight excluding hydrogens is 254 g/mol. The molecule has 0 unspecified atom stereocenters. The summed E-state index contributed by atoms with van der Waals surface area (Å²) in [5, 5.41) is 2.63. The van der Waals surface area contributed by atoms with Crippen molar-refractivity contribution in [2.24, 2.45) is 5.73 Å². The van der Waals surface area contributed by atoms with E-state index in [1.54, 1.807) is 0 Å². The monoisotopic (exact) mass is 275 g/mol. The van der Waals surface area contributed by atoms with E-state index in [2.05, 4.69) is 67.6 Å². The van der Waals surface area contributed by atoms with Gasteiger partial charge in [0, 0.05) is 6.54 Å². The number of hydrogen-bond donors (Lipinski definition) is 1. The Labute approximate surface area is 126 Å². The van der Waals surface area contributed by atoms with Crippen LogP contribution in [0.3, 0.4) is 0 Å². The van der Waals surface area contributed by atoms with Crippen molar-refractivity contribution in [1.29, 1.82) is 0 Å². The zero-order valence-electron chi connectivity index (χ0n) is 12.5. The maximum absolute atomic E-state index is 5.85. The molecule has 0 amide bonds. The average molecular weight is 275 g/mol. The molecule has 0 saturated heterocycles. The van der Waals surface area contributed by atoms with Crippen LogP contribution in [0.5, 0.6) is 0 Å². The summed E-state index contributed by atoms with van der Waals surface area (Å²) in [6, 6.07) is 21.8. The highest BCUT2D eigenvalue weighted by atomic mass is 14.5. The number of nitrogens with two attached hydrogens (primary N) is 1. The summed E-state index contributed by atoms with van der Waals surface area (Å²) in [4.78, 5) is 0. The molecule has 3 aromatic carbocycles. The summed E-state index contributed by atoms with van der Waals surface area (Å²) in [5.74, 6) is 0. The Morgan fingerprint density at radius 2 is 1.33 bits per heavy atom. The van der Waals surface area contributed by atoms with Gasteiger partial charge in [-0.2, -0.15) is 0 Å². The Bertz CT molecular complexity index is 741. The van der Waals surface area contributed by atoms with Gasteiger partial charge in [-0.3, -0.25) is 0 Å². The maximum atomic E-state index is 5.85. The second-order valence-electron chi connectivity index (χ2n) is 5.62. The van der Waals surface area contributed by atoms with E-state index >= 15 is 0 Å². The van der Waals surface area contributed by atoms with Crippen LogP contribution in [0, 0.1) is 6.92 Å². The summed E-state index contributed by atoms with van der Waals surface area (Å²) in [6.07, 6.45) is 2.14. The summed E-state index contributed by atoms with van der Waals surface area (Å²) in [7, 11) is 0. The third-order valence-electron chi connectivity index (χ3n) is 4.13. The van der Waals surface area contributed by atoms with Crippen molar-refractivity contribution in [1.82, 2.24) is 0 Å². The third kappa shape index (κ3) is 2.98. The molecule has 0 aromatic heterocycles. The van der Waals surface area contributed by atoms with Gasteiger partial charge in [-0.05, 0) is 47.2 Å². The fourth-order valence-corrected chi connectivity index (χ4v) is 2.85. The molecule has 0 aliphatic rings. The van der Waals surface area contributed by atoms with Crippen LogP contribution < -0.4 is 5.73 Å². The van der Waals surface area contributed by atoms with Crippen LogP contribution in [0.2, 0.25) is 0 Å². The van der Waals surface area contributed by atoms with E-state index in [1.807, 2.05) is 0 Å². The van der Waals surface area contributed by atoms with Crippen LogP contribution in [-0.2, 0) is 19.4 Å². The van der Waals surface area contributed by atoms with Crippen molar-refractivity contribution in [2.75, 3.05) is 0 Å². The topological polar surface area (TPSA) is 26.0 Å². The number of rotatable bonds is 4. The molecule has 21 heavy (non-hydrogen) atoms. The summed E-state index contributed by atoms with van der Waals surface area (Å²) < 4.78 is 0. The van der Waals surface area contributed by atoms with E-state index in [4.69, 9.17) is 5.73 Å². The SMILES string of the molecule is Cc1ccc(CCc2ccc(CN)c3ccccc23)cc1. The molecule has 0 heterocycles. The lowest BCUT2D eigenvalue weighted by Crippen LogP contribution is -1.99. The van der Waals surface area contributed by atoms with Gasteiger partial charge in [-0.25, -0.2) is 0 Å². The molecule has 3 aromatic rings. The molecule has 106 valence electrons. The fourth-order valence-electron chi connectivity index (χ4n) is 2.85. The molecule has 1 nitrogen and oxygen atoms in total. The third-order valence-corrected chi connectivity index (χ3v) is 4.13. The van der Waals surface area contributed by atoms with Gasteiger partial charge in [0.05, 0.1) is 0 Å². The number of fused-ring (bicyclic) bond motifs is 1. The summed E-state index contributed by atoms with van der Waals surface area (Å²) in [5.41, 5.74) is 11.2. The van der Waals surface area contributed by atoms with E-state index in [0.29, 0.717) is 6.54 Å². The Kier molecular flexibility index (Phi) is 4.03. The minimum Gasteiger partial charge on any atom is -0.326 e. The molecule has 0 aliphatic carbocycles. The van der Waals surface area contributed by atoms with Gasteiger partial charge in [0.15, 0.2) is 0 Å². The highest BCUT2D eigenvalue weighted by Crippen LogP contribution is 2.24. The van der Waals surface area contributed by atoms with Crippen LogP contribution in [-0.4, -0.2) is 0 Å². The highest BCUT2D eigenvalue weighted by Gasteiger charge is 2.05. The molecular formula is C20H21N. The Hall–Kier alpha value is -2.12. The largest absolute Gasteiger partial charge is 0.326 e. The molecule has 0 atom stereocenters. The van der Waals surface area contributed by atoms with Crippen molar-refractivity contribution in [3.8, 4) is 0 Å². The van der Waals surface area contributed by atoms with Crippen molar-refractivity contribution in [3.63, 3.8) is 0 Å². The standard InChI is InChI=1S/C20H21N/c1-15-6-8-16(9-7-15)10-11-17-12-13-18(14-21)20-5-3-2-4-19(17)20/h2-9,12-13H,10-11,14,21H2,1H3. The van der Waals surface area contributed by atoms with Crippen LogP contribution in [0.15, 0.2) is 60.7 Å². The summed E-state index contributed by atoms with van der Waals surface area (Å²) in [6.45, 7) is 2.72. The first-order chi connectivity index (χ1) is 10.3. The van der Waals surface area contributed by atoms with E-state index in [0.717, 1.165) is 12.8 Å². The first-order valence-corrected chi connectivity index (χ1v) is 7.53. The highest BCUT2D eigenvalue weighted by molar-refractivity contribution is 5.88. The lowest BCUT2D eigenvalue weighted by molar-refractivity contribution is 0.965. The smallest absolute Gasteiger partial charge is 0.0184 e. The first-order valence-electron chi connectivity index (χ1n) is 7.53. The van der Waals surface area contributed by atoms with Gasteiger partial charge < -0.3 is 5.73 Å². The number of hydrogen-bond acceptors (Lipinski definition) is 1. The minimum atomic E-state index is 0.596. The number of aryl methyl sites for hydroxylation is 3. The lowest BCUT2D eigenvalue weighted by atomic mass is 9.95. The van der Waals surface area contributed by atoms with Gasteiger partial charge >= 0.3 is 0 Å². The zero-order valence-corrected chi connectivity index (χ0v) is 12.5. The molecule has 0 spiro atoms. The predicted molar refractivity (Wildman–Crippen MR) is 90.4 cm³/mol. The maximum Gasteiger partial charge on any atom is 0.0184 e. The fraction of sp³-hybridized carbons (Fsp3) is 0.200. The van der Waals surface area contributed by atoms with Crippen LogP contribution >= 0.6 is 0 Å². The van der Waals surface area contributed by atoms with Crippen LogP contribution in [0.25, 0.3) is 10.8 Å². The van der Waals surface area contributed by atoms with E-state index in [-0.39, 0.29) is 0 Å².